The first-order valence-electron chi connectivity index (χ1n) is 13.6. The third-order valence-electron chi connectivity index (χ3n) is 7.20. The molecule has 1 saturated heterocycles. The summed E-state index contributed by atoms with van der Waals surface area (Å²) in [5.41, 5.74) is 2.29. The zero-order chi connectivity index (χ0) is 32.3. The SMILES string of the molecule is CC(=O)O[C@@H]1[C@@H](Oc2ccc(N3CCc4cc([N+](=O)[O-])ccc43)cc2Cl)O[C@H]([C@H](C)OC(C)=O)[C@H](OC(C)=O)[C@@H]1CC(=O)O. The van der Waals surface area contributed by atoms with Crippen LogP contribution in [0.15, 0.2) is 36.4 Å². The van der Waals surface area contributed by atoms with E-state index in [4.69, 9.17) is 35.3 Å². The van der Waals surface area contributed by atoms with Gasteiger partial charge in [0, 0.05) is 50.8 Å². The number of hydrogen-bond donors (Lipinski definition) is 1. The highest BCUT2D eigenvalue weighted by atomic mass is 35.5. The molecule has 2 heterocycles. The molecule has 1 N–H and O–H groups in total. The summed E-state index contributed by atoms with van der Waals surface area (Å²) in [7, 11) is 0. The van der Waals surface area contributed by atoms with Crippen LogP contribution in [0, 0.1) is 16.0 Å². The first-order valence-corrected chi connectivity index (χ1v) is 14.0. The molecule has 0 bridgehead atoms. The molecule has 6 atom stereocenters. The van der Waals surface area contributed by atoms with Gasteiger partial charge < -0.3 is 33.7 Å². The van der Waals surface area contributed by atoms with E-state index in [1.165, 1.54) is 26.0 Å². The minimum atomic E-state index is -1.45. The third kappa shape index (κ3) is 7.37. The minimum absolute atomic E-state index is 0.000616. The van der Waals surface area contributed by atoms with Gasteiger partial charge in [0.05, 0.1) is 22.3 Å². The Morgan fingerprint density at radius 3 is 2.34 bits per heavy atom. The lowest BCUT2D eigenvalue weighted by atomic mass is 9.84. The summed E-state index contributed by atoms with van der Waals surface area (Å²) in [6.07, 6.45) is -6.36. The Kier molecular flexibility index (Phi) is 9.95. The van der Waals surface area contributed by atoms with Gasteiger partial charge in [0.25, 0.3) is 5.69 Å². The molecule has 2 aliphatic heterocycles. The van der Waals surface area contributed by atoms with E-state index in [-0.39, 0.29) is 16.5 Å². The number of carboxylic acid groups (broad SMARTS) is 1. The van der Waals surface area contributed by atoms with Gasteiger partial charge in [-0.15, -0.1) is 0 Å². The Labute approximate surface area is 256 Å². The number of anilines is 2. The zero-order valence-corrected chi connectivity index (χ0v) is 25.0. The number of nitrogens with zero attached hydrogens (tertiary/aromatic N) is 2. The number of hydrogen-bond acceptors (Lipinski definition) is 12. The Morgan fingerprint density at radius 2 is 1.75 bits per heavy atom. The fourth-order valence-electron chi connectivity index (χ4n) is 5.51. The number of carbonyl (C=O) groups is 4. The first-order chi connectivity index (χ1) is 20.7. The maximum absolute atomic E-state index is 12.1. The number of rotatable bonds is 10. The predicted octanol–water partition coefficient (Wildman–Crippen LogP) is 3.95. The van der Waals surface area contributed by atoms with Crippen molar-refractivity contribution in [2.24, 2.45) is 5.92 Å². The third-order valence-corrected chi connectivity index (χ3v) is 7.49. The lowest BCUT2D eigenvalue weighted by molar-refractivity contribution is -0.384. The quantitative estimate of drug-likeness (QED) is 0.172. The molecule has 0 aliphatic carbocycles. The number of halogens is 1. The second-order valence-corrected chi connectivity index (χ2v) is 10.8. The van der Waals surface area contributed by atoms with Crippen molar-refractivity contribution in [2.75, 3.05) is 11.4 Å². The average molecular weight is 635 g/mol. The minimum Gasteiger partial charge on any atom is -0.481 e. The summed E-state index contributed by atoms with van der Waals surface area (Å²) in [5, 5.41) is 21.0. The van der Waals surface area contributed by atoms with Gasteiger partial charge >= 0.3 is 23.9 Å². The number of carboxylic acids is 1. The number of fused-ring (bicyclic) bond motifs is 1. The molecule has 0 spiro atoms. The van der Waals surface area contributed by atoms with Crippen LogP contribution >= 0.6 is 11.6 Å². The van der Waals surface area contributed by atoms with Crippen LogP contribution < -0.4 is 9.64 Å². The van der Waals surface area contributed by atoms with Gasteiger partial charge in [-0.3, -0.25) is 29.3 Å². The molecule has 0 amide bonds. The van der Waals surface area contributed by atoms with Gasteiger partial charge in [-0.2, -0.15) is 0 Å². The number of nitro benzene ring substituents is 1. The molecule has 1 fully saturated rings. The number of nitro groups is 1. The van der Waals surface area contributed by atoms with Crippen LogP contribution in [0.25, 0.3) is 0 Å². The van der Waals surface area contributed by atoms with Crippen molar-refractivity contribution >= 4 is 52.5 Å². The van der Waals surface area contributed by atoms with Crippen molar-refractivity contribution in [3.63, 3.8) is 0 Å². The second-order valence-electron chi connectivity index (χ2n) is 10.4. The van der Waals surface area contributed by atoms with Crippen LogP contribution in [0.4, 0.5) is 17.1 Å². The molecular weight excluding hydrogens is 604 g/mol. The van der Waals surface area contributed by atoms with Crippen LogP contribution in [0.5, 0.6) is 5.75 Å². The largest absolute Gasteiger partial charge is 0.481 e. The molecule has 44 heavy (non-hydrogen) atoms. The van der Waals surface area contributed by atoms with E-state index in [1.807, 2.05) is 4.90 Å². The molecule has 0 aromatic heterocycles. The fraction of sp³-hybridized carbons (Fsp3) is 0.448. The van der Waals surface area contributed by atoms with E-state index in [2.05, 4.69) is 0 Å². The summed E-state index contributed by atoms with van der Waals surface area (Å²) in [6.45, 7) is 5.45. The van der Waals surface area contributed by atoms with Gasteiger partial charge in [0.2, 0.25) is 6.29 Å². The van der Waals surface area contributed by atoms with Crippen molar-refractivity contribution in [3.05, 3.63) is 57.1 Å². The number of carbonyl (C=O) groups excluding carboxylic acids is 3. The Bertz CT molecular complexity index is 1470. The standard InChI is InChI=1S/C29H31ClN2O12/c1-14(40-15(2)33)26-27(41-16(3)34)21(13-25(36)37)28(42-17(4)35)29(44-26)43-24-8-6-19(12-22(24)30)31-10-9-18-11-20(32(38)39)5-7-23(18)31/h5-8,11-12,14,21,26-29H,9-10,13H2,1-4H3,(H,36,37)/t14-,21-,26+,27+,28-,29-/m0/s1. The summed E-state index contributed by atoms with van der Waals surface area (Å²) < 4.78 is 28.4. The molecule has 2 aromatic rings. The summed E-state index contributed by atoms with van der Waals surface area (Å²) in [6, 6.07) is 9.50. The highest BCUT2D eigenvalue weighted by Crippen LogP contribution is 2.41. The van der Waals surface area contributed by atoms with Crippen molar-refractivity contribution in [1.82, 2.24) is 0 Å². The normalized spacial score (nSPS) is 23.2. The number of non-ortho nitro benzene ring substituents is 1. The van der Waals surface area contributed by atoms with E-state index in [1.54, 1.807) is 24.3 Å². The molecule has 0 unspecified atom stereocenters. The van der Waals surface area contributed by atoms with E-state index in [0.717, 1.165) is 25.1 Å². The molecule has 0 saturated carbocycles. The van der Waals surface area contributed by atoms with Crippen molar-refractivity contribution in [3.8, 4) is 5.75 Å². The van der Waals surface area contributed by atoms with Crippen LogP contribution in [-0.4, -0.2) is 71.2 Å². The van der Waals surface area contributed by atoms with Crippen LogP contribution in [0.1, 0.15) is 39.7 Å². The van der Waals surface area contributed by atoms with E-state index < -0.39 is 71.8 Å². The monoisotopic (exact) mass is 634 g/mol. The highest BCUT2D eigenvalue weighted by Gasteiger charge is 2.53. The fourth-order valence-corrected chi connectivity index (χ4v) is 5.73. The van der Waals surface area contributed by atoms with E-state index in [0.29, 0.717) is 18.7 Å². The molecule has 2 aromatic carbocycles. The van der Waals surface area contributed by atoms with E-state index >= 15 is 0 Å². The summed E-state index contributed by atoms with van der Waals surface area (Å²) >= 11 is 6.62. The maximum atomic E-state index is 12.1. The van der Waals surface area contributed by atoms with Crippen LogP contribution in [0.2, 0.25) is 5.02 Å². The van der Waals surface area contributed by atoms with Gasteiger partial charge in [-0.25, -0.2) is 0 Å². The number of benzene rings is 2. The van der Waals surface area contributed by atoms with Gasteiger partial charge in [-0.1, -0.05) is 11.6 Å². The average Bonchev–Trinajstić information content (AvgIpc) is 3.35. The Morgan fingerprint density at radius 1 is 1.07 bits per heavy atom. The molecule has 2 aliphatic rings. The lowest BCUT2D eigenvalue weighted by Gasteiger charge is -2.46. The topological polar surface area (TPSA) is 181 Å². The highest BCUT2D eigenvalue weighted by molar-refractivity contribution is 6.32. The maximum Gasteiger partial charge on any atom is 0.303 e. The van der Waals surface area contributed by atoms with Crippen molar-refractivity contribution in [2.45, 2.75) is 71.2 Å². The summed E-state index contributed by atoms with van der Waals surface area (Å²) in [5.74, 6) is -4.53. The van der Waals surface area contributed by atoms with E-state index in [9.17, 15) is 34.4 Å². The molecule has 4 rings (SSSR count). The number of esters is 3. The van der Waals surface area contributed by atoms with Crippen molar-refractivity contribution < 1.29 is 52.9 Å². The van der Waals surface area contributed by atoms with Gasteiger partial charge in [0.15, 0.2) is 6.10 Å². The first kappa shape index (κ1) is 32.5. The van der Waals surface area contributed by atoms with Crippen molar-refractivity contribution in [1.29, 1.82) is 0 Å². The molecular formula is C29H31ClN2O12. The van der Waals surface area contributed by atoms with Crippen LogP contribution in [-0.2, 0) is 44.5 Å². The molecule has 236 valence electrons. The summed E-state index contributed by atoms with van der Waals surface area (Å²) in [4.78, 5) is 60.5. The predicted molar refractivity (Wildman–Crippen MR) is 153 cm³/mol. The molecule has 0 radical (unpaired) electrons. The molecule has 14 nitrogen and oxygen atoms in total. The van der Waals surface area contributed by atoms with Crippen LogP contribution in [0.3, 0.4) is 0 Å². The Hall–Kier alpha value is -4.43. The lowest BCUT2D eigenvalue weighted by Crippen LogP contribution is -2.61. The number of aliphatic carboxylic acids is 1. The zero-order valence-electron chi connectivity index (χ0n) is 24.3. The Balaban J connectivity index is 1.67. The molecule has 15 heteroatoms. The number of ether oxygens (including phenoxy) is 5. The smallest absolute Gasteiger partial charge is 0.303 e. The van der Waals surface area contributed by atoms with Gasteiger partial charge in [-0.05, 0) is 43.2 Å². The van der Waals surface area contributed by atoms with Gasteiger partial charge in [0.1, 0.15) is 24.1 Å². The second kappa shape index (κ2) is 13.5.